The number of ether oxygens (including phenoxy) is 1. The topological polar surface area (TPSA) is 25.0 Å². The van der Waals surface area contributed by atoms with Crippen molar-refractivity contribution in [2.45, 2.75) is 20.0 Å². The minimum absolute atomic E-state index is 0.189. The van der Waals surface area contributed by atoms with Crippen LogP contribution in [0, 0.1) is 4.51 Å². The molecule has 0 fully saturated rings. The van der Waals surface area contributed by atoms with Crippen molar-refractivity contribution in [2.24, 2.45) is 0 Å². The first-order chi connectivity index (χ1) is 7.16. The first-order valence-corrected chi connectivity index (χ1v) is 5.36. The van der Waals surface area contributed by atoms with Crippen LogP contribution in [0.25, 0.3) is 10.9 Å². The second-order valence-corrected chi connectivity index (χ2v) is 4.16. The number of benzene rings is 1. The molecule has 0 bridgehead atoms. The normalized spacial score (nSPS) is 10.9. The molecule has 0 spiro atoms. The van der Waals surface area contributed by atoms with E-state index in [1.54, 1.807) is 0 Å². The Morgan fingerprint density at radius 1 is 1.27 bits per heavy atom. The zero-order valence-electron chi connectivity index (χ0n) is 8.78. The molecule has 2 nitrogen and oxygen atoms in total. The van der Waals surface area contributed by atoms with Crippen molar-refractivity contribution < 1.29 is 4.74 Å². The van der Waals surface area contributed by atoms with Gasteiger partial charge in [0, 0.05) is 22.2 Å². The highest BCUT2D eigenvalue weighted by atomic mass is 32.1. The van der Waals surface area contributed by atoms with E-state index < -0.39 is 0 Å². The average molecular weight is 219 g/mol. The van der Waals surface area contributed by atoms with Crippen molar-refractivity contribution in [1.29, 1.82) is 0 Å². The van der Waals surface area contributed by atoms with Crippen LogP contribution in [-0.2, 0) is 0 Å². The van der Waals surface area contributed by atoms with Crippen molar-refractivity contribution in [3.63, 3.8) is 0 Å². The van der Waals surface area contributed by atoms with Crippen molar-refractivity contribution in [1.82, 2.24) is 4.98 Å². The highest BCUT2D eigenvalue weighted by Crippen LogP contribution is 2.20. The summed E-state index contributed by atoms with van der Waals surface area (Å²) in [5, 5.41) is 1.06. The Hall–Kier alpha value is -1.35. The van der Waals surface area contributed by atoms with Gasteiger partial charge in [0.15, 0.2) is 0 Å². The highest BCUT2D eigenvalue weighted by Gasteiger charge is 2.00. The van der Waals surface area contributed by atoms with Gasteiger partial charge in [0.1, 0.15) is 5.75 Å². The number of hydrogen-bond acceptors (Lipinski definition) is 2. The molecule has 2 aromatic rings. The van der Waals surface area contributed by atoms with Gasteiger partial charge in [0.2, 0.25) is 0 Å². The third-order valence-corrected chi connectivity index (χ3v) is 2.46. The number of H-pyrrole nitrogens is 1. The predicted octanol–water partition coefficient (Wildman–Crippen LogP) is 3.68. The van der Waals surface area contributed by atoms with Gasteiger partial charge in [-0.15, -0.1) is 0 Å². The van der Waals surface area contributed by atoms with Crippen LogP contribution >= 0.6 is 12.2 Å². The SMILES string of the molecule is CC(C)Oc1ccc2c(=S)cc[nH]c2c1. The van der Waals surface area contributed by atoms with Crippen molar-refractivity contribution in [2.75, 3.05) is 0 Å². The number of rotatable bonds is 2. The quantitative estimate of drug-likeness (QED) is 0.779. The number of aromatic nitrogens is 1. The maximum absolute atomic E-state index is 5.61. The van der Waals surface area contributed by atoms with E-state index in [0.29, 0.717) is 0 Å². The average Bonchev–Trinajstić information content (AvgIpc) is 2.17. The van der Waals surface area contributed by atoms with Gasteiger partial charge in [-0.3, -0.25) is 0 Å². The van der Waals surface area contributed by atoms with Gasteiger partial charge in [0.25, 0.3) is 0 Å². The number of pyridine rings is 1. The molecule has 0 aliphatic carbocycles. The lowest BCUT2D eigenvalue weighted by Gasteiger charge is -2.10. The molecule has 1 aromatic carbocycles. The molecular weight excluding hydrogens is 206 g/mol. The largest absolute Gasteiger partial charge is 0.491 e. The Morgan fingerprint density at radius 3 is 2.80 bits per heavy atom. The van der Waals surface area contributed by atoms with Crippen LogP contribution in [0.1, 0.15) is 13.8 Å². The van der Waals surface area contributed by atoms with Gasteiger partial charge in [-0.2, -0.15) is 0 Å². The summed E-state index contributed by atoms with van der Waals surface area (Å²) >= 11 is 5.22. The standard InChI is InChI=1S/C12H13NOS/c1-8(2)14-9-3-4-10-11(7-9)13-6-5-12(10)15/h3-8H,1-2H3,(H,13,15). The molecule has 1 aromatic heterocycles. The van der Waals surface area contributed by atoms with E-state index >= 15 is 0 Å². The summed E-state index contributed by atoms with van der Waals surface area (Å²) in [6.07, 6.45) is 2.04. The Labute approximate surface area is 93.9 Å². The molecule has 0 aliphatic rings. The van der Waals surface area contributed by atoms with E-state index in [2.05, 4.69) is 4.98 Å². The molecular formula is C12H13NOS. The predicted molar refractivity (Wildman–Crippen MR) is 64.9 cm³/mol. The fourth-order valence-corrected chi connectivity index (χ4v) is 1.75. The Bertz CT molecular complexity index is 530. The monoisotopic (exact) mass is 219 g/mol. The third-order valence-electron chi connectivity index (χ3n) is 2.10. The summed E-state index contributed by atoms with van der Waals surface area (Å²) in [5.74, 6) is 0.870. The summed E-state index contributed by atoms with van der Waals surface area (Å²) in [5.41, 5.74) is 1.01. The fraction of sp³-hybridized carbons (Fsp3) is 0.250. The zero-order chi connectivity index (χ0) is 10.8. The second-order valence-electron chi connectivity index (χ2n) is 3.72. The minimum Gasteiger partial charge on any atom is -0.491 e. The van der Waals surface area contributed by atoms with Crippen LogP contribution in [0.15, 0.2) is 30.5 Å². The van der Waals surface area contributed by atoms with Crippen LogP contribution in [0.2, 0.25) is 0 Å². The summed E-state index contributed by atoms with van der Waals surface area (Å²) in [6, 6.07) is 7.81. The number of nitrogens with one attached hydrogen (secondary N) is 1. The van der Waals surface area contributed by atoms with E-state index in [1.807, 2.05) is 44.3 Å². The van der Waals surface area contributed by atoms with Gasteiger partial charge in [-0.25, -0.2) is 0 Å². The van der Waals surface area contributed by atoms with Gasteiger partial charge >= 0.3 is 0 Å². The summed E-state index contributed by atoms with van der Waals surface area (Å²) in [6.45, 7) is 4.02. The lowest BCUT2D eigenvalue weighted by atomic mass is 10.2. The first-order valence-electron chi connectivity index (χ1n) is 4.95. The lowest BCUT2D eigenvalue weighted by molar-refractivity contribution is 0.242. The van der Waals surface area contributed by atoms with E-state index in [4.69, 9.17) is 17.0 Å². The Kier molecular flexibility index (Phi) is 2.73. The van der Waals surface area contributed by atoms with E-state index in [0.717, 1.165) is 21.2 Å². The van der Waals surface area contributed by atoms with Gasteiger partial charge in [-0.1, -0.05) is 12.2 Å². The maximum Gasteiger partial charge on any atom is 0.121 e. The molecule has 1 N–H and O–H groups in total. The Balaban J connectivity index is 2.52. The summed E-state index contributed by atoms with van der Waals surface area (Å²) in [7, 11) is 0. The van der Waals surface area contributed by atoms with Crippen LogP contribution in [0.4, 0.5) is 0 Å². The minimum atomic E-state index is 0.189. The van der Waals surface area contributed by atoms with Crippen LogP contribution in [-0.4, -0.2) is 11.1 Å². The maximum atomic E-state index is 5.61. The van der Waals surface area contributed by atoms with Gasteiger partial charge in [-0.05, 0) is 32.0 Å². The highest BCUT2D eigenvalue weighted by molar-refractivity contribution is 7.71. The van der Waals surface area contributed by atoms with Gasteiger partial charge < -0.3 is 9.72 Å². The molecule has 1 heterocycles. The van der Waals surface area contributed by atoms with Crippen LogP contribution in [0.5, 0.6) is 5.75 Å². The first kappa shape index (κ1) is 10.2. The molecule has 2 rings (SSSR count). The Morgan fingerprint density at radius 2 is 2.07 bits per heavy atom. The van der Waals surface area contributed by atoms with Crippen LogP contribution in [0.3, 0.4) is 0 Å². The second kappa shape index (κ2) is 4.03. The van der Waals surface area contributed by atoms with Crippen molar-refractivity contribution in [3.8, 4) is 5.75 Å². The molecule has 15 heavy (non-hydrogen) atoms. The van der Waals surface area contributed by atoms with E-state index in [9.17, 15) is 0 Å². The fourth-order valence-electron chi connectivity index (χ4n) is 1.50. The molecule has 0 saturated heterocycles. The summed E-state index contributed by atoms with van der Waals surface area (Å²) < 4.78 is 6.47. The smallest absolute Gasteiger partial charge is 0.121 e. The third kappa shape index (κ3) is 2.18. The van der Waals surface area contributed by atoms with E-state index in [1.165, 1.54) is 0 Å². The molecule has 0 radical (unpaired) electrons. The molecule has 78 valence electrons. The lowest BCUT2D eigenvalue weighted by Crippen LogP contribution is -2.05. The molecule has 0 unspecified atom stereocenters. The van der Waals surface area contributed by atoms with Crippen molar-refractivity contribution in [3.05, 3.63) is 35.0 Å². The summed E-state index contributed by atoms with van der Waals surface area (Å²) in [4.78, 5) is 3.16. The molecule has 3 heteroatoms. The number of hydrogen-bond donors (Lipinski definition) is 1. The molecule has 0 aliphatic heterocycles. The number of fused-ring (bicyclic) bond motifs is 1. The van der Waals surface area contributed by atoms with Crippen LogP contribution < -0.4 is 4.74 Å². The molecule has 0 amide bonds. The van der Waals surface area contributed by atoms with Gasteiger partial charge in [0.05, 0.1) is 11.6 Å². The molecule has 0 saturated carbocycles. The van der Waals surface area contributed by atoms with E-state index in [-0.39, 0.29) is 6.10 Å². The number of aromatic amines is 1. The van der Waals surface area contributed by atoms with Crippen molar-refractivity contribution >= 4 is 23.1 Å². The zero-order valence-corrected chi connectivity index (χ0v) is 9.60. The molecule has 0 atom stereocenters.